The number of fused-ring (bicyclic) bond motifs is 2. The summed E-state index contributed by atoms with van der Waals surface area (Å²) in [6.45, 7) is 0. The Bertz CT molecular complexity index is 2900. The van der Waals surface area contributed by atoms with Crippen molar-refractivity contribution in [1.29, 1.82) is 0 Å². The van der Waals surface area contributed by atoms with Crippen molar-refractivity contribution in [2.75, 3.05) is 9.80 Å². The third kappa shape index (κ3) is 8.18. The molecule has 0 atom stereocenters. The summed E-state index contributed by atoms with van der Waals surface area (Å²) in [5.41, 5.74) is 13.7. The van der Waals surface area contributed by atoms with Crippen LogP contribution in [0.1, 0.15) is 22.3 Å². The lowest BCUT2D eigenvalue weighted by molar-refractivity contribution is 1.29. The van der Waals surface area contributed by atoms with Gasteiger partial charge in [-0.3, -0.25) is 0 Å². The first-order valence-corrected chi connectivity index (χ1v) is 21.2. The smallest absolute Gasteiger partial charge is 0.0540 e. The van der Waals surface area contributed by atoms with Crippen LogP contribution >= 0.6 is 0 Å². The Morgan fingerprint density at radius 1 is 0.226 bits per heavy atom. The van der Waals surface area contributed by atoms with Gasteiger partial charge in [-0.1, -0.05) is 206 Å². The zero-order valence-corrected chi connectivity index (χ0v) is 34.3. The Morgan fingerprint density at radius 2 is 0.516 bits per heavy atom. The lowest BCUT2D eigenvalue weighted by atomic mass is 10.0. The van der Waals surface area contributed by atoms with Gasteiger partial charge in [-0.05, 0) is 105 Å². The zero-order chi connectivity index (χ0) is 41.5. The molecule has 0 unspecified atom stereocenters. The SMILES string of the molecule is C(=C/c1ccc(N(c2ccc(-c3ccc(N(c4ccc(/C=C\c5ccccc5)cc4)c4cccc5ccccc45)cc3)cc2)c2cccc3ccccc23)cc1)/c1ccccc1. The monoisotopic (exact) mass is 792 g/mol. The molecule has 294 valence electrons. The van der Waals surface area contributed by atoms with Crippen LogP contribution in [-0.2, 0) is 0 Å². The van der Waals surface area contributed by atoms with Crippen molar-refractivity contribution in [3.63, 3.8) is 0 Å². The summed E-state index contributed by atoms with van der Waals surface area (Å²) in [5.74, 6) is 0. The maximum Gasteiger partial charge on any atom is 0.0540 e. The predicted molar refractivity (Wildman–Crippen MR) is 267 cm³/mol. The first-order valence-electron chi connectivity index (χ1n) is 21.2. The van der Waals surface area contributed by atoms with Crippen molar-refractivity contribution >= 4 is 80.0 Å². The van der Waals surface area contributed by atoms with Crippen LogP contribution in [0.5, 0.6) is 0 Å². The van der Waals surface area contributed by atoms with Crippen molar-refractivity contribution in [2.45, 2.75) is 0 Å². The van der Waals surface area contributed by atoms with Crippen molar-refractivity contribution in [2.24, 2.45) is 0 Å². The van der Waals surface area contributed by atoms with E-state index in [4.69, 9.17) is 0 Å². The van der Waals surface area contributed by atoms with Gasteiger partial charge in [0, 0.05) is 33.5 Å². The molecule has 0 saturated heterocycles. The summed E-state index contributed by atoms with van der Waals surface area (Å²) in [7, 11) is 0. The molecule has 0 amide bonds. The van der Waals surface area contributed by atoms with Gasteiger partial charge in [0.25, 0.3) is 0 Å². The van der Waals surface area contributed by atoms with Gasteiger partial charge in [0.2, 0.25) is 0 Å². The molecule has 2 nitrogen and oxygen atoms in total. The van der Waals surface area contributed by atoms with E-state index in [1.54, 1.807) is 0 Å². The van der Waals surface area contributed by atoms with E-state index >= 15 is 0 Å². The number of hydrogen-bond donors (Lipinski definition) is 0. The van der Waals surface area contributed by atoms with E-state index in [1.165, 1.54) is 32.7 Å². The molecule has 2 heteroatoms. The van der Waals surface area contributed by atoms with E-state index in [0.717, 1.165) is 56.4 Å². The molecule has 0 aliphatic rings. The summed E-state index contributed by atoms with van der Waals surface area (Å²) in [5, 5.41) is 4.83. The van der Waals surface area contributed by atoms with Crippen LogP contribution in [0.15, 0.2) is 243 Å². The van der Waals surface area contributed by atoms with E-state index in [0.29, 0.717) is 0 Å². The van der Waals surface area contributed by atoms with Crippen molar-refractivity contribution in [3.8, 4) is 11.1 Å². The third-order valence-corrected chi connectivity index (χ3v) is 11.4. The quantitative estimate of drug-likeness (QED) is 0.120. The molecule has 10 aromatic carbocycles. The van der Waals surface area contributed by atoms with Crippen LogP contribution < -0.4 is 9.80 Å². The van der Waals surface area contributed by atoms with Crippen molar-refractivity contribution < 1.29 is 0 Å². The van der Waals surface area contributed by atoms with Crippen LogP contribution in [-0.4, -0.2) is 0 Å². The largest absolute Gasteiger partial charge is 0.310 e. The Morgan fingerprint density at radius 3 is 0.887 bits per heavy atom. The highest BCUT2D eigenvalue weighted by Gasteiger charge is 2.18. The van der Waals surface area contributed by atoms with Gasteiger partial charge in [0.1, 0.15) is 0 Å². The van der Waals surface area contributed by atoms with E-state index in [2.05, 4.69) is 265 Å². The highest BCUT2D eigenvalue weighted by atomic mass is 15.1. The van der Waals surface area contributed by atoms with Gasteiger partial charge in [0.15, 0.2) is 0 Å². The highest BCUT2D eigenvalue weighted by Crippen LogP contribution is 2.42. The number of benzene rings is 10. The van der Waals surface area contributed by atoms with Crippen LogP contribution in [0.4, 0.5) is 34.1 Å². The normalized spacial score (nSPS) is 11.4. The fourth-order valence-corrected chi connectivity index (χ4v) is 8.25. The Hall–Kier alpha value is -8.20. The standard InChI is InChI=1S/C60H44N2/c1-3-13-45(14-4-1)25-27-47-29-37-53(38-30-47)61(59-23-11-19-51-17-7-9-21-57(51)59)55-41-33-49(34-42-55)50-35-43-56(44-36-50)62(60-24-12-20-52-18-8-10-22-58(52)60)54-39-31-48(32-40-54)28-26-46-15-5-2-6-16-46/h1-44H/b27-25-,28-26-. The topological polar surface area (TPSA) is 6.48 Å². The van der Waals surface area contributed by atoms with Crippen LogP contribution in [0.2, 0.25) is 0 Å². The van der Waals surface area contributed by atoms with Crippen LogP contribution in [0.3, 0.4) is 0 Å². The number of nitrogens with zero attached hydrogens (tertiary/aromatic N) is 2. The molecule has 0 N–H and O–H groups in total. The van der Waals surface area contributed by atoms with Gasteiger partial charge >= 0.3 is 0 Å². The zero-order valence-electron chi connectivity index (χ0n) is 34.3. The molecule has 0 aliphatic heterocycles. The van der Waals surface area contributed by atoms with E-state index in [9.17, 15) is 0 Å². The number of hydrogen-bond acceptors (Lipinski definition) is 2. The lowest BCUT2D eigenvalue weighted by Gasteiger charge is -2.27. The second kappa shape index (κ2) is 17.6. The number of rotatable bonds is 11. The molecule has 0 heterocycles. The van der Waals surface area contributed by atoms with Gasteiger partial charge in [0.05, 0.1) is 11.4 Å². The summed E-state index contributed by atoms with van der Waals surface area (Å²) in [6, 6.07) is 86.8. The van der Waals surface area contributed by atoms with Gasteiger partial charge in [-0.15, -0.1) is 0 Å². The molecule has 0 saturated carbocycles. The summed E-state index contributed by atoms with van der Waals surface area (Å²) >= 11 is 0. The molecule has 62 heavy (non-hydrogen) atoms. The molecule has 10 aromatic rings. The molecular formula is C60H44N2. The third-order valence-electron chi connectivity index (χ3n) is 11.4. The van der Waals surface area contributed by atoms with Crippen molar-refractivity contribution in [3.05, 3.63) is 265 Å². The summed E-state index contributed by atoms with van der Waals surface area (Å²) in [6.07, 6.45) is 8.66. The Balaban J connectivity index is 0.970. The predicted octanol–water partition coefficient (Wildman–Crippen LogP) is 16.9. The Kier molecular flexibility index (Phi) is 10.8. The molecule has 10 rings (SSSR count). The number of anilines is 6. The summed E-state index contributed by atoms with van der Waals surface area (Å²) in [4.78, 5) is 4.73. The molecule has 0 bridgehead atoms. The fourth-order valence-electron chi connectivity index (χ4n) is 8.25. The highest BCUT2D eigenvalue weighted by molar-refractivity contribution is 6.00. The molecule has 0 aromatic heterocycles. The molecular weight excluding hydrogens is 749 g/mol. The summed E-state index contributed by atoms with van der Waals surface area (Å²) < 4.78 is 0. The van der Waals surface area contributed by atoms with E-state index < -0.39 is 0 Å². The second-order valence-electron chi connectivity index (χ2n) is 15.4. The van der Waals surface area contributed by atoms with Gasteiger partial charge in [-0.25, -0.2) is 0 Å². The first-order chi connectivity index (χ1) is 30.7. The average molecular weight is 793 g/mol. The van der Waals surface area contributed by atoms with E-state index in [1.807, 2.05) is 12.1 Å². The Labute approximate surface area is 364 Å². The lowest BCUT2D eigenvalue weighted by Crippen LogP contribution is -2.10. The minimum Gasteiger partial charge on any atom is -0.310 e. The molecule has 0 fully saturated rings. The maximum atomic E-state index is 2.37. The van der Waals surface area contributed by atoms with Crippen LogP contribution in [0, 0.1) is 0 Å². The minimum atomic E-state index is 1.10. The van der Waals surface area contributed by atoms with Crippen molar-refractivity contribution in [1.82, 2.24) is 0 Å². The maximum absolute atomic E-state index is 2.37. The van der Waals surface area contributed by atoms with E-state index in [-0.39, 0.29) is 0 Å². The second-order valence-corrected chi connectivity index (χ2v) is 15.4. The fraction of sp³-hybridized carbons (Fsp3) is 0. The molecule has 0 radical (unpaired) electrons. The first kappa shape index (κ1) is 38.0. The average Bonchev–Trinajstić information content (AvgIpc) is 3.35. The molecule has 0 aliphatic carbocycles. The van der Waals surface area contributed by atoms with Gasteiger partial charge < -0.3 is 9.80 Å². The van der Waals surface area contributed by atoms with Crippen LogP contribution in [0.25, 0.3) is 57.0 Å². The molecule has 0 spiro atoms. The van der Waals surface area contributed by atoms with Gasteiger partial charge in [-0.2, -0.15) is 0 Å². The minimum absolute atomic E-state index is 1.10.